The molecule has 7 aromatic rings. The molecule has 1 atom stereocenters. The van der Waals surface area contributed by atoms with Crippen LogP contribution in [0.5, 0.6) is 17.2 Å². The number of hydrogen-bond donors (Lipinski definition) is 0. The van der Waals surface area contributed by atoms with E-state index in [0.29, 0.717) is 85.2 Å². The minimum Gasteiger partial charge on any atom is -0.458 e. The van der Waals surface area contributed by atoms with Crippen molar-refractivity contribution in [3.63, 3.8) is 0 Å². The maximum Gasteiger partial charge on any atom is 0.308 e. The highest BCUT2D eigenvalue weighted by atomic mass is 16.5. The van der Waals surface area contributed by atoms with E-state index in [0.717, 1.165) is 16.7 Å². The number of hydrogen-bond acceptors (Lipinski definition) is 12. The second kappa shape index (κ2) is 16.5. The molecule has 5 aromatic carbocycles. The second-order valence-electron chi connectivity index (χ2n) is 14.0. The van der Waals surface area contributed by atoms with Gasteiger partial charge in [-0.3, -0.25) is 19.2 Å². The number of rotatable bonds is 9. The minimum atomic E-state index is -0.459. The molecule has 0 N–H and O–H groups in total. The number of carbonyl (C=O) groups excluding carboxylic acids is 4. The molecule has 1 aliphatic rings. The zero-order chi connectivity index (χ0) is 41.9. The molecular formula is C48H36N4O8. The van der Waals surface area contributed by atoms with Gasteiger partial charge in [-0.2, -0.15) is 0 Å². The van der Waals surface area contributed by atoms with Crippen molar-refractivity contribution in [2.45, 2.75) is 40.2 Å². The number of aromatic nitrogens is 4. The molecule has 0 fully saturated rings. The molecule has 1 aliphatic carbocycles. The van der Waals surface area contributed by atoms with Crippen LogP contribution in [0.4, 0.5) is 0 Å². The number of nitrogens with zero attached hydrogens (tertiary/aromatic N) is 4. The molecule has 0 amide bonds. The first kappa shape index (κ1) is 39.0. The molecule has 0 aliphatic heterocycles. The van der Waals surface area contributed by atoms with Crippen LogP contribution in [0, 0.1) is 0 Å². The highest BCUT2D eigenvalue weighted by Crippen LogP contribution is 2.37. The van der Waals surface area contributed by atoms with Crippen LogP contribution >= 0.6 is 0 Å². The summed E-state index contributed by atoms with van der Waals surface area (Å²) in [7, 11) is 0. The molecule has 60 heavy (non-hydrogen) atoms. The molecule has 1 unspecified atom stereocenters. The van der Waals surface area contributed by atoms with E-state index in [4.69, 9.17) is 38.9 Å². The quantitative estimate of drug-likeness (QED) is 0.101. The van der Waals surface area contributed by atoms with Crippen molar-refractivity contribution in [1.29, 1.82) is 0 Å². The van der Waals surface area contributed by atoms with E-state index in [2.05, 4.69) is 0 Å². The van der Waals surface area contributed by atoms with Crippen molar-refractivity contribution in [1.82, 2.24) is 19.9 Å². The van der Waals surface area contributed by atoms with Crippen LogP contribution in [-0.4, -0.2) is 49.9 Å². The first-order valence-corrected chi connectivity index (χ1v) is 19.0. The van der Waals surface area contributed by atoms with Crippen LogP contribution in [0.3, 0.4) is 0 Å². The van der Waals surface area contributed by atoms with Crippen LogP contribution < -0.4 is 14.2 Å². The lowest BCUT2D eigenvalue weighted by molar-refractivity contribution is -0.144. The van der Waals surface area contributed by atoms with E-state index < -0.39 is 24.0 Å². The number of ether oxygens (including phenoxy) is 4. The molecule has 0 saturated heterocycles. The average molecular weight is 797 g/mol. The van der Waals surface area contributed by atoms with Gasteiger partial charge in [0.25, 0.3) is 0 Å². The van der Waals surface area contributed by atoms with Crippen LogP contribution in [0.25, 0.3) is 72.5 Å². The van der Waals surface area contributed by atoms with Gasteiger partial charge in [0.1, 0.15) is 23.4 Å². The Bertz CT molecular complexity index is 2960. The second-order valence-corrected chi connectivity index (χ2v) is 14.0. The fraction of sp³-hybridized carbons (Fsp3) is 0.125. The molecule has 12 nitrogen and oxygen atoms in total. The minimum absolute atomic E-state index is 0.355. The molecule has 0 bridgehead atoms. The third kappa shape index (κ3) is 8.67. The third-order valence-electron chi connectivity index (χ3n) is 9.43. The highest BCUT2D eigenvalue weighted by molar-refractivity contribution is 5.92. The Balaban J connectivity index is 1.24. The standard InChI is InChI=1S/C48H36N4O8/c1-27(53)57-37-13-5-9-33(21-37)45-47(35-11-7-15-39(23-35)59-29(3)55)51-43-25-31(17-19-41(43)49-45)32-18-20-42-44(26-32)52-48(36-12-8-16-40(24-36)60-30(4)56)46(50-42)34-10-6-14-38(22-34)58-28(2)54/h5-21,23-26,38H,22H2,1-4H3. The topological polar surface area (TPSA) is 157 Å². The van der Waals surface area contributed by atoms with Crippen molar-refractivity contribution < 1.29 is 38.1 Å². The lowest BCUT2D eigenvalue weighted by Gasteiger charge is -2.20. The summed E-state index contributed by atoms with van der Waals surface area (Å²) in [6.45, 7) is 5.40. The maximum absolute atomic E-state index is 11.8. The number of allylic oxidation sites excluding steroid dienone is 2. The van der Waals surface area contributed by atoms with Gasteiger partial charge in [0, 0.05) is 50.8 Å². The Morgan fingerprint density at radius 3 is 1.32 bits per heavy atom. The predicted molar refractivity (Wildman–Crippen MR) is 226 cm³/mol. The van der Waals surface area contributed by atoms with Crippen LogP contribution in [0.1, 0.15) is 39.8 Å². The van der Waals surface area contributed by atoms with Crippen molar-refractivity contribution in [3.8, 4) is 62.1 Å². The smallest absolute Gasteiger partial charge is 0.308 e. The highest BCUT2D eigenvalue weighted by Gasteiger charge is 2.22. The summed E-state index contributed by atoms with van der Waals surface area (Å²) in [4.78, 5) is 67.7. The summed E-state index contributed by atoms with van der Waals surface area (Å²) in [6, 6.07) is 32.8. The van der Waals surface area contributed by atoms with Crippen molar-refractivity contribution >= 4 is 51.5 Å². The summed E-state index contributed by atoms with van der Waals surface area (Å²) < 4.78 is 21.7. The van der Waals surface area contributed by atoms with E-state index in [-0.39, 0.29) is 5.97 Å². The van der Waals surface area contributed by atoms with Gasteiger partial charge in [0.2, 0.25) is 0 Å². The molecule has 0 radical (unpaired) electrons. The number of esters is 4. The summed E-state index contributed by atoms with van der Waals surface area (Å²) in [6.07, 6.45) is 5.54. The van der Waals surface area contributed by atoms with E-state index in [1.807, 2.05) is 72.8 Å². The SMILES string of the molecule is CC(=O)Oc1cccc(-c2nc3cc(-c4ccc5nc(-c6cccc(OC(C)=O)c6)c(-c6cccc(OC(C)=O)c6)nc5c4)ccc3nc2C2=CC=CC(OC(C)=O)C2)c1. The lowest BCUT2D eigenvalue weighted by atomic mass is 9.95. The van der Waals surface area contributed by atoms with Gasteiger partial charge >= 0.3 is 23.9 Å². The fourth-order valence-electron chi connectivity index (χ4n) is 7.03. The third-order valence-corrected chi connectivity index (χ3v) is 9.43. The zero-order valence-corrected chi connectivity index (χ0v) is 33.0. The van der Waals surface area contributed by atoms with Gasteiger partial charge in [-0.15, -0.1) is 0 Å². The average Bonchev–Trinajstić information content (AvgIpc) is 3.22. The van der Waals surface area contributed by atoms with E-state index in [1.54, 1.807) is 54.6 Å². The largest absolute Gasteiger partial charge is 0.458 e. The maximum atomic E-state index is 11.8. The first-order valence-electron chi connectivity index (χ1n) is 19.0. The Labute approximate surface area is 344 Å². The normalized spacial score (nSPS) is 13.4. The summed E-state index contributed by atoms with van der Waals surface area (Å²) in [5.74, 6) is -0.642. The first-order chi connectivity index (χ1) is 28.9. The Morgan fingerprint density at radius 1 is 0.467 bits per heavy atom. The summed E-state index contributed by atoms with van der Waals surface area (Å²) in [5.41, 5.74) is 9.24. The number of carbonyl (C=O) groups is 4. The lowest BCUT2D eigenvalue weighted by Crippen LogP contribution is -2.16. The van der Waals surface area contributed by atoms with Gasteiger partial charge in [0.15, 0.2) is 0 Å². The zero-order valence-electron chi connectivity index (χ0n) is 33.0. The van der Waals surface area contributed by atoms with Crippen LogP contribution in [0.2, 0.25) is 0 Å². The van der Waals surface area contributed by atoms with Gasteiger partial charge < -0.3 is 18.9 Å². The van der Waals surface area contributed by atoms with Gasteiger partial charge in [-0.1, -0.05) is 60.7 Å². The molecule has 0 spiro atoms. The number of benzene rings is 5. The number of fused-ring (bicyclic) bond motifs is 2. The fourth-order valence-corrected chi connectivity index (χ4v) is 7.03. The summed E-state index contributed by atoms with van der Waals surface area (Å²) in [5, 5.41) is 0. The van der Waals surface area contributed by atoms with Gasteiger partial charge in [-0.05, 0) is 83.4 Å². The van der Waals surface area contributed by atoms with Crippen molar-refractivity contribution in [2.75, 3.05) is 0 Å². The Hall–Kier alpha value is -7.86. The van der Waals surface area contributed by atoms with E-state index in [1.165, 1.54) is 27.7 Å². The molecule has 2 aromatic heterocycles. The van der Waals surface area contributed by atoms with Crippen molar-refractivity contribution in [2.24, 2.45) is 0 Å². The predicted octanol–water partition coefficient (Wildman–Crippen LogP) is 9.29. The molecule has 2 heterocycles. The van der Waals surface area contributed by atoms with Crippen LogP contribution in [0.15, 0.2) is 127 Å². The monoisotopic (exact) mass is 796 g/mol. The Morgan fingerprint density at radius 2 is 0.883 bits per heavy atom. The van der Waals surface area contributed by atoms with E-state index in [9.17, 15) is 19.2 Å². The van der Waals surface area contributed by atoms with Gasteiger partial charge in [-0.25, -0.2) is 19.9 Å². The molecule has 296 valence electrons. The molecule has 12 heteroatoms. The summed E-state index contributed by atoms with van der Waals surface area (Å²) >= 11 is 0. The van der Waals surface area contributed by atoms with E-state index >= 15 is 0 Å². The molecule has 8 rings (SSSR count). The molecular weight excluding hydrogens is 761 g/mol. The van der Waals surface area contributed by atoms with Crippen LogP contribution in [-0.2, 0) is 23.9 Å². The molecule has 0 saturated carbocycles. The Kier molecular flexibility index (Phi) is 10.8. The van der Waals surface area contributed by atoms with Crippen molar-refractivity contribution in [3.05, 3.63) is 133 Å². The van der Waals surface area contributed by atoms with Gasteiger partial charge in [0.05, 0.1) is 44.8 Å².